The van der Waals surface area contributed by atoms with E-state index in [1.165, 1.54) is 38.8 Å². The summed E-state index contributed by atoms with van der Waals surface area (Å²) in [6.45, 7) is 2.50. The number of halogens is 1. The Balaban J connectivity index is 1.57. The van der Waals surface area contributed by atoms with Crippen LogP contribution in [-0.2, 0) is 0 Å². The van der Waals surface area contributed by atoms with Gasteiger partial charge in [-0.05, 0) is 37.9 Å². The largest absolute Gasteiger partial charge is 0.357 e. The molecule has 0 aliphatic carbocycles. The van der Waals surface area contributed by atoms with Gasteiger partial charge in [0.05, 0.1) is 15.2 Å². The molecule has 3 nitrogen and oxygen atoms in total. The summed E-state index contributed by atoms with van der Waals surface area (Å²) < 4.78 is 1.09. The second-order valence-electron chi connectivity index (χ2n) is 5.75. The molecule has 3 heterocycles. The van der Waals surface area contributed by atoms with Gasteiger partial charge in [0.15, 0.2) is 5.13 Å². The molecule has 2 saturated heterocycles. The highest BCUT2D eigenvalue weighted by atomic mass is 35.5. The average Bonchev–Trinajstić information content (AvgIpc) is 3.05. The minimum atomic E-state index is 0.551. The molecule has 2 aliphatic heterocycles. The van der Waals surface area contributed by atoms with Crippen LogP contribution in [0.15, 0.2) is 18.2 Å². The Morgan fingerprint density at radius 2 is 2.20 bits per heavy atom. The average molecular weight is 308 g/mol. The van der Waals surface area contributed by atoms with E-state index >= 15 is 0 Å². The normalized spacial score (nSPS) is 26.9. The molecule has 2 atom stereocenters. The molecule has 2 unspecified atom stereocenters. The van der Waals surface area contributed by atoms with Crippen LogP contribution in [0, 0.1) is 0 Å². The molecule has 1 aromatic carbocycles. The summed E-state index contributed by atoms with van der Waals surface area (Å²) in [6.07, 6.45) is 5.28. The standard InChI is InChI=1S/C15H18ClN3S/c16-10-4-3-5-12-14(10)20-15(18-12)17-11-7-9-19-8-2-1-6-13(11)19/h3-5,11,13H,1-2,6-9H2,(H,17,18). The summed E-state index contributed by atoms with van der Waals surface area (Å²) in [5, 5.41) is 5.49. The summed E-state index contributed by atoms with van der Waals surface area (Å²) in [5.41, 5.74) is 1.00. The van der Waals surface area contributed by atoms with Gasteiger partial charge in [-0.3, -0.25) is 4.90 Å². The highest BCUT2D eigenvalue weighted by Crippen LogP contribution is 2.34. The number of rotatable bonds is 2. The van der Waals surface area contributed by atoms with Crippen molar-refractivity contribution >= 4 is 38.3 Å². The number of benzene rings is 1. The number of anilines is 1. The first-order valence-corrected chi connectivity index (χ1v) is 8.56. The molecule has 0 bridgehead atoms. The predicted octanol–water partition coefficient (Wildman–Crippen LogP) is 3.99. The number of piperidine rings is 1. The first-order valence-electron chi connectivity index (χ1n) is 7.37. The fourth-order valence-corrected chi connectivity index (χ4v) is 4.77. The van der Waals surface area contributed by atoms with Crippen molar-refractivity contribution in [3.05, 3.63) is 23.2 Å². The van der Waals surface area contributed by atoms with Crippen LogP contribution in [0.4, 0.5) is 5.13 Å². The van der Waals surface area contributed by atoms with Crippen molar-refractivity contribution in [2.24, 2.45) is 0 Å². The van der Waals surface area contributed by atoms with Crippen LogP contribution in [0.2, 0.25) is 5.02 Å². The van der Waals surface area contributed by atoms with Crippen LogP contribution in [0.25, 0.3) is 10.2 Å². The molecule has 0 radical (unpaired) electrons. The smallest absolute Gasteiger partial charge is 0.184 e. The second-order valence-corrected chi connectivity index (χ2v) is 7.15. The SMILES string of the molecule is Clc1cccc2nc(NC3CCN4CCCCC34)sc12. The zero-order chi connectivity index (χ0) is 13.5. The van der Waals surface area contributed by atoms with Crippen molar-refractivity contribution < 1.29 is 0 Å². The van der Waals surface area contributed by atoms with Gasteiger partial charge in [0.25, 0.3) is 0 Å². The predicted molar refractivity (Wildman–Crippen MR) is 85.9 cm³/mol. The first-order chi connectivity index (χ1) is 9.81. The van der Waals surface area contributed by atoms with E-state index < -0.39 is 0 Å². The molecule has 1 N–H and O–H groups in total. The summed E-state index contributed by atoms with van der Waals surface area (Å²) >= 11 is 7.91. The summed E-state index contributed by atoms with van der Waals surface area (Å²) in [5.74, 6) is 0. The van der Waals surface area contributed by atoms with Gasteiger partial charge in [-0.15, -0.1) is 0 Å². The van der Waals surface area contributed by atoms with Gasteiger partial charge in [-0.1, -0.05) is 35.4 Å². The first kappa shape index (κ1) is 12.9. The molecule has 5 heteroatoms. The zero-order valence-corrected chi connectivity index (χ0v) is 12.9. The third-order valence-electron chi connectivity index (χ3n) is 4.53. The number of nitrogens with one attached hydrogen (secondary N) is 1. The Morgan fingerprint density at radius 1 is 1.25 bits per heavy atom. The van der Waals surface area contributed by atoms with Crippen molar-refractivity contribution in [1.29, 1.82) is 0 Å². The topological polar surface area (TPSA) is 28.2 Å². The highest BCUT2D eigenvalue weighted by molar-refractivity contribution is 7.22. The fourth-order valence-electron chi connectivity index (χ4n) is 3.55. The molecule has 2 aromatic rings. The Kier molecular flexibility index (Phi) is 3.33. The van der Waals surface area contributed by atoms with Crippen molar-refractivity contribution in [2.45, 2.75) is 37.8 Å². The minimum absolute atomic E-state index is 0.551. The number of nitrogens with zero attached hydrogens (tertiary/aromatic N) is 2. The van der Waals surface area contributed by atoms with E-state index in [0.29, 0.717) is 12.1 Å². The molecular weight excluding hydrogens is 290 g/mol. The number of hydrogen-bond donors (Lipinski definition) is 1. The lowest BCUT2D eigenvalue weighted by atomic mass is 9.99. The van der Waals surface area contributed by atoms with Gasteiger partial charge in [-0.2, -0.15) is 0 Å². The van der Waals surface area contributed by atoms with E-state index in [1.54, 1.807) is 11.3 Å². The fraction of sp³-hybridized carbons (Fsp3) is 0.533. The van der Waals surface area contributed by atoms with Crippen LogP contribution < -0.4 is 5.32 Å². The van der Waals surface area contributed by atoms with Gasteiger partial charge < -0.3 is 5.32 Å². The lowest BCUT2D eigenvalue weighted by Crippen LogP contribution is -2.41. The molecule has 2 aliphatic rings. The van der Waals surface area contributed by atoms with Crippen molar-refractivity contribution in [3.8, 4) is 0 Å². The van der Waals surface area contributed by atoms with Crippen LogP contribution in [0.1, 0.15) is 25.7 Å². The van der Waals surface area contributed by atoms with Gasteiger partial charge in [-0.25, -0.2) is 4.98 Å². The molecule has 20 heavy (non-hydrogen) atoms. The number of aromatic nitrogens is 1. The Labute approximate surface area is 127 Å². The van der Waals surface area contributed by atoms with Gasteiger partial charge in [0, 0.05) is 18.6 Å². The van der Waals surface area contributed by atoms with E-state index in [-0.39, 0.29) is 0 Å². The minimum Gasteiger partial charge on any atom is -0.357 e. The third kappa shape index (κ3) is 2.20. The Morgan fingerprint density at radius 3 is 3.10 bits per heavy atom. The van der Waals surface area contributed by atoms with Gasteiger partial charge in [0.1, 0.15) is 0 Å². The molecular formula is C15H18ClN3S. The maximum Gasteiger partial charge on any atom is 0.184 e. The molecule has 0 spiro atoms. The Hall–Kier alpha value is -0.840. The maximum atomic E-state index is 6.23. The van der Waals surface area contributed by atoms with Crippen LogP contribution in [-0.4, -0.2) is 35.1 Å². The summed E-state index contributed by atoms with van der Waals surface area (Å²) in [7, 11) is 0. The van der Waals surface area contributed by atoms with Crippen molar-refractivity contribution in [2.75, 3.05) is 18.4 Å². The van der Waals surface area contributed by atoms with Crippen LogP contribution in [0.3, 0.4) is 0 Å². The molecule has 106 valence electrons. The maximum absolute atomic E-state index is 6.23. The summed E-state index contributed by atoms with van der Waals surface area (Å²) in [4.78, 5) is 7.32. The van der Waals surface area contributed by atoms with Crippen molar-refractivity contribution in [1.82, 2.24) is 9.88 Å². The van der Waals surface area contributed by atoms with Crippen LogP contribution >= 0.6 is 22.9 Å². The Bertz CT molecular complexity index is 627. The monoisotopic (exact) mass is 307 g/mol. The molecule has 0 saturated carbocycles. The second kappa shape index (κ2) is 5.17. The lowest BCUT2D eigenvalue weighted by molar-refractivity contribution is 0.193. The number of thiazole rings is 1. The molecule has 4 rings (SSSR count). The van der Waals surface area contributed by atoms with E-state index in [2.05, 4.69) is 15.2 Å². The molecule has 0 amide bonds. The van der Waals surface area contributed by atoms with Crippen LogP contribution in [0.5, 0.6) is 0 Å². The zero-order valence-electron chi connectivity index (χ0n) is 11.3. The third-order valence-corrected chi connectivity index (χ3v) is 5.99. The molecule has 1 aromatic heterocycles. The van der Waals surface area contributed by atoms with Crippen molar-refractivity contribution in [3.63, 3.8) is 0 Å². The number of hydrogen-bond acceptors (Lipinski definition) is 4. The number of fused-ring (bicyclic) bond motifs is 2. The van der Waals surface area contributed by atoms with E-state index in [0.717, 1.165) is 20.4 Å². The van der Waals surface area contributed by atoms with E-state index in [4.69, 9.17) is 11.6 Å². The van der Waals surface area contributed by atoms with Gasteiger partial charge >= 0.3 is 0 Å². The quantitative estimate of drug-likeness (QED) is 0.909. The lowest BCUT2D eigenvalue weighted by Gasteiger charge is -2.32. The molecule has 2 fully saturated rings. The summed E-state index contributed by atoms with van der Waals surface area (Å²) in [6, 6.07) is 7.18. The van der Waals surface area contributed by atoms with Gasteiger partial charge in [0.2, 0.25) is 0 Å². The van der Waals surface area contributed by atoms with E-state index in [1.807, 2.05) is 18.2 Å². The van der Waals surface area contributed by atoms with E-state index in [9.17, 15) is 0 Å². The highest BCUT2D eigenvalue weighted by Gasteiger charge is 2.35.